The summed E-state index contributed by atoms with van der Waals surface area (Å²) in [5.41, 5.74) is 2.77. The molecular weight excluding hydrogens is 202 g/mol. The van der Waals surface area contributed by atoms with E-state index < -0.39 is 0 Å². The Bertz CT molecular complexity index is 340. The molecule has 0 aliphatic carbocycles. The summed E-state index contributed by atoms with van der Waals surface area (Å²) in [7, 11) is 0. The highest BCUT2D eigenvalue weighted by Gasteiger charge is 2.22. The SMILES string of the molecule is OCCC(CO)N1CCc2ccccc2C1. The molecule has 1 aromatic rings. The van der Waals surface area contributed by atoms with Crippen LogP contribution in [-0.4, -0.2) is 40.9 Å². The normalized spacial score (nSPS) is 18.1. The molecular formula is C13H19NO2. The summed E-state index contributed by atoms with van der Waals surface area (Å²) in [5, 5.41) is 18.3. The van der Waals surface area contributed by atoms with Crippen molar-refractivity contribution in [1.82, 2.24) is 4.90 Å². The van der Waals surface area contributed by atoms with Gasteiger partial charge < -0.3 is 10.2 Å². The molecule has 1 unspecified atom stereocenters. The van der Waals surface area contributed by atoms with Crippen molar-refractivity contribution in [3.8, 4) is 0 Å². The van der Waals surface area contributed by atoms with Crippen LogP contribution >= 0.6 is 0 Å². The summed E-state index contributed by atoms with van der Waals surface area (Å²) in [4.78, 5) is 2.26. The van der Waals surface area contributed by atoms with E-state index in [1.54, 1.807) is 0 Å². The lowest BCUT2D eigenvalue weighted by molar-refractivity contribution is 0.0894. The lowest BCUT2D eigenvalue weighted by Crippen LogP contribution is -2.41. The van der Waals surface area contributed by atoms with E-state index in [0.717, 1.165) is 19.5 Å². The van der Waals surface area contributed by atoms with Gasteiger partial charge in [0.15, 0.2) is 0 Å². The Kier molecular flexibility index (Phi) is 3.93. The van der Waals surface area contributed by atoms with E-state index in [9.17, 15) is 5.11 Å². The molecule has 0 bridgehead atoms. The predicted molar refractivity (Wildman–Crippen MR) is 63.1 cm³/mol. The monoisotopic (exact) mass is 221 g/mol. The average Bonchev–Trinajstić information content (AvgIpc) is 2.35. The molecule has 0 fully saturated rings. The van der Waals surface area contributed by atoms with E-state index in [2.05, 4.69) is 29.2 Å². The van der Waals surface area contributed by atoms with Crippen LogP contribution in [0.5, 0.6) is 0 Å². The van der Waals surface area contributed by atoms with Gasteiger partial charge in [0.25, 0.3) is 0 Å². The van der Waals surface area contributed by atoms with Crippen LogP contribution in [0, 0.1) is 0 Å². The molecule has 2 rings (SSSR count). The van der Waals surface area contributed by atoms with Gasteiger partial charge in [-0.05, 0) is 24.0 Å². The van der Waals surface area contributed by atoms with Gasteiger partial charge in [0, 0.05) is 25.7 Å². The molecule has 3 heteroatoms. The van der Waals surface area contributed by atoms with Crippen molar-refractivity contribution in [3.05, 3.63) is 35.4 Å². The predicted octanol–water partition coefficient (Wildman–Crippen LogP) is 0.788. The summed E-state index contributed by atoms with van der Waals surface area (Å²) in [6, 6.07) is 8.55. The maximum absolute atomic E-state index is 9.30. The van der Waals surface area contributed by atoms with Crippen LogP contribution in [0.4, 0.5) is 0 Å². The zero-order chi connectivity index (χ0) is 11.4. The molecule has 1 heterocycles. The summed E-state index contributed by atoms with van der Waals surface area (Å²) in [6.45, 7) is 2.13. The first-order chi connectivity index (χ1) is 7.85. The summed E-state index contributed by atoms with van der Waals surface area (Å²) in [5.74, 6) is 0. The van der Waals surface area contributed by atoms with E-state index in [4.69, 9.17) is 5.11 Å². The highest BCUT2D eigenvalue weighted by molar-refractivity contribution is 5.29. The summed E-state index contributed by atoms with van der Waals surface area (Å²) in [6.07, 6.45) is 1.69. The molecule has 88 valence electrons. The zero-order valence-corrected chi connectivity index (χ0v) is 9.47. The number of aliphatic hydroxyl groups is 2. The zero-order valence-electron chi connectivity index (χ0n) is 9.47. The second-order valence-corrected chi connectivity index (χ2v) is 4.34. The van der Waals surface area contributed by atoms with Gasteiger partial charge in [0.2, 0.25) is 0 Å². The maximum atomic E-state index is 9.30. The number of aliphatic hydroxyl groups excluding tert-OH is 2. The molecule has 1 aliphatic rings. The molecule has 3 nitrogen and oxygen atoms in total. The number of nitrogens with zero attached hydrogens (tertiary/aromatic N) is 1. The molecule has 0 amide bonds. The fourth-order valence-electron chi connectivity index (χ4n) is 2.37. The fraction of sp³-hybridized carbons (Fsp3) is 0.538. The number of hydrogen-bond donors (Lipinski definition) is 2. The van der Waals surface area contributed by atoms with Crippen LogP contribution < -0.4 is 0 Å². The van der Waals surface area contributed by atoms with Gasteiger partial charge in [0.05, 0.1) is 6.61 Å². The third kappa shape index (κ3) is 2.43. The van der Waals surface area contributed by atoms with Gasteiger partial charge in [-0.1, -0.05) is 24.3 Å². The molecule has 16 heavy (non-hydrogen) atoms. The molecule has 2 N–H and O–H groups in total. The van der Waals surface area contributed by atoms with Crippen molar-refractivity contribution in [1.29, 1.82) is 0 Å². The van der Waals surface area contributed by atoms with Gasteiger partial charge in [-0.3, -0.25) is 4.90 Å². The van der Waals surface area contributed by atoms with Crippen LogP contribution in [0.2, 0.25) is 0 Å². The molecule has 0 saturated heterocycles. The smallest absolute Gasteiger partial charge is 0.0587 e. The second kappa shape index (κ2) is 5.43. The summed E-state index contributed by atoms with van der Waals surface area (Å²) < 4.78 is 0. The maximum Gasteiger partial charge on any atom is 0.0587 e. The number of fused-ring (bicyclic) bond motifs is 1. The van der Waals surface area contributed by atoms with Crippen molar-refractivity contribution in [2.45, 2.75) is 25.4 Å². The minimum absolute atomic E-state index is 0.0957. The van der Waals surface area contributed by atoms with Gasteiger partial charge in [-0.2, -0.15) is 0 Å². The van der Waals surface area contributed by atoms with Gasteiger partial charge >= 0.3 is 0 Å². The van der Waals surface area contributed by atoms with E-state index in [-0.39, 0.29) is 19.3 Å². The first-order valence-electron chi connectivity index (χ1n) is 5.87. The Morgan fingerprint density at radius 2 is 1.94 bits per heavy atom. The lowest BCUT2D eigenvalue weighted by Gasteiger charge is -2.34. The standard InChI is InChI=1S/C13H19NO2/c15-8-6-13(10-16)14-7-5-11-3-1-2-4-12(11)9-14/h1-4,13,15-16H,5-10H2. The second-order valence-electron chi connectivity index (χ2n) is 4.34. The van der Waals surface area contributed by atoms with Crippen molar-refractivity contribution < 1.29 is 10.2 Å². The first kappa shape index (κ1) is 11.6. The molecule has 0 spiro atoms. The number of hydrogen-bond acceptors (Lipinski definition) is 3. The number of rotatable bonds is 4. The van der Waals surface area contributed by atoms with Gasteiger partial charge in [0.1, 0.15) is 0 Å². The van der Waals surface area contributed by atoms with Crippen LogP contribution in [-0.2, 0) is 13.0 Å². The quantitative estimate of drug-likeness (QED) is 0.790. The summed E-state index contributed by atoms with van der Waals surface area (Å²) >= 11 is 0. The molecule has 1 aliphatic heterocycles. The Labute approximate surface area is 96.3 Å². The van der Waals surface area contributed by atoms with Crippen LogP contribution in [0.15, 0.2) is 24.3 Å². The van der Waals surface area contributed by atoms with Gasteiger partial charge in [-0.15, -0.1) is 0 Å². The highest BCUT2D eigenvalue weighted by atomic mass is 16.3. The van der Waals surface area contributed by atoms with Crippen LogP contribution in [0.25, 0.3) is 0 Å². The molecule has 1 atom stereocenters. The van der Waals surface area contributed by atoms with E-state index in [0.29, 0.717) is 6.42 Å². The van der Waals surface area contributed by atoms with Crippen LogP contribution in [0.1, 0.15) is 17.5 Å². The van der Waals surface area contributed by atoms with Crippen LogP contribution in [0.3, 0.4) is 0 Å². The molecule has 0 radical (unpaired) electrons. The van der Waals surface area contributed by atoms with E-state index in [1.165, 1.54) is 11.1 Å². The van der Waals surface area contributed by atoms with Crippen molar-refractivity contribution in [3.63, 3.8) is 0 Å². The highest BCUT2D eigenvalue weighted by Crippen LogP contribution is 2.20. The minimum atomic E-state index is 0.0957. The number of benzene rings is 1. The fourth-order valence-corrected chi connectivity index (χ4v) is 2.37. The van der Waals surface area contributed by atoms with E-state index in [1.807, 2.05) is 0 Å². The molecule has 1 aromatic carbocycles. The van der Waals surface area contributed by atoms with Crippen molar-refractivity contribution in [2.75, 3.05) is 19.8 Å². The Morgan fingerprint density at radius 3 is 2.62 bits per heavy atom. The third-order valence-corrected chi connectivity index (χ3v) is 3.35. The lowest BCUT2D eigenvalue weighted by atomic mass is 9.98. The Morgan fingerprint density at radius 1 is 1.19 bits per heavy atom. The molecule has 0 saturated carbocycles. The molecule has 0 aromatic heterocycles. The topological polar surface area (TPSA) is 43.7 Å². The van der Waals surface area contributed by atoms with Crippen molar-refractivity contribution >= 4 is 0 Å². The third-order valence-electron chi connectivity index (χ3n) is 3.35. The minimum Gasteiger partial charge on any atom is -0.396 e. The van der Waals surface area contributed by atoms with Crippen molar-refractivity contribution in [2.24, 2.45) is 0 Å². The average molecular weight is 221 g/mol. The Balaban J connectivity index is 2.06. The first-order valence-corrected chi connectivity index (χ1v) is 5.87. The largest absolute Gasteiger partial charge is 0.396 e. The van der Waals surface area contributed by atoms with E-state index >= 15 is 0 Å². The van der Waals surface area contributed by atoms with Gasteiger partial charge in [-0.25, -0.2) is 0 Å². The Hall–Kier alpha value is -0.900.